The van der Waals surface area contributed by atoms with Gasteiger partial charge in [-0.05, 0) is 38.1 Å². The van der Waals surface area contributed by atoms with Gasteiger partial charge in [0.15, 0.2) is 0 Å². The van der Waals surface area contributed by atoms with Crippen LogP contribution in [-0.2, 0) is 24.2 Å². The molecule has 2 aromatic rings. The fraction of sp³-hybridized carbons (Fsp3) is 0.565. The molecule has 0 atom stereocenters. The second-order valence-electron chi connectivity index (χ2n) is 8.17. The van der Waals surface area contributed by atoms with Gasteiger partial charge in [-0.1, -0.05) is 6.42 Å². The predicted octanol–water partition coefficient (Wildman–Crippen LogP) is 2.15. The highest BCUT2D eigenvalue weighted by Crippen LogP contribution is 2.24. The molecule has 8 heteroatoms. The van der Waals surface area contributed by atoms with E-state index < -0.39 is 5.97 Å². The Balaban J connectivity index is 1.52. The van der Waals surface area contributed by atoms with Crippen LogP contribution in [0, 0.1) is 0 Å². The summed E-state index contributed by atoms with van der Waals surface area (Å²) in [6.07, 6.45) is 5.92. The maximum absolute atomic E-state index is 12.9. The van der Waals surface area contributed by atoms with E-state index in [1.165, 1.54) is 32.4 Å². The van der Waals surface area contributed by atoms with Crippen molar-refractivity contribution in [3.05, 3.63) is 51.8 Å². The molecule has 31 heavy (non-hydrogen) atoms. The molecule has 0 amide bonds. The zero-order valence-electron chi connectivity index (χ0n) is 18.2. The molecule has 0 saturated carbocycles. The summed E-state index contributed by atoms with van der Waals surface area (Å²) in [4.78, 5) is 30.1. The number of fused-ring (bicyclic) bond motifs is 1. The third kappa shape index (κ3) is 5.19. The van der Waals surface area contributed by atoms with Crippen molar-refractivity contribution in [1.82, 2.24) is 14.4 Å². The first-order valence-electron chi connectivity index (χ1n) is 11.1. The summed E-state index contributed by atoms with van der Waals surface area (Å²) in [6, 6.07) is 5.25. The number of aromatic nitrogens is 1. The minimum Gasteiger partial charge on any atom is -0.491 e. The number of furan rings is 1. The Morgan fingerprint density at radius 2 is 1.94 bits per heavy atom. The lowest BCUT2D eigenvalue weighted by Crippen LogP contribution is -2.34. The van der Waals surface area contributed by atoms with Gasteiger partial charge in [-0.2, -0.15) is 0 Å². The number of piperidine rings is 1. The van der Waals surface area contributed by atoms with Gasteiger partial charge in [-0.3, -0.25) is 14.6 Å². The Kier molecular flexibility index (Phi) is 7.09. The molecule has 0 unspecified atom stereocenters. The number of ether oxygens (including phenoxy) is 2. The van der Waals surface area contributed by atoms with Crippen LogP contribution in [0.5, 0.6) is 5.75 Å². The summed E-state index contributed by atoms with van der Waals surface area (Å²) in [5, 5.41) is 0. The maximum atomic E-state index is 12.9. The molecule has 0 aliphatic carbocycles. The quantitative estimate of drug-likeness (QED) is 0.624. The number of carbonyl (C=O) groups is 1. The largest absolute Gasteiger partial charge is 0.491 e. The number of rotatable bonds is 7. The van der Waals surface area contributed by atoms with Crippen molar-refractivity contribution in [2.24, 2.45) is 0 Å². The first kappa shape index (κ1) is 21.6. The molecule has 4 heterocycles. The number of carbonyl (C=O) groups excluding carboxylic acids is 1. The van der Waals surface area contributed by atoms with Crippen LogP contribution in [-0.4, -0.2) is 66.8 Å². The van der Waals surface area contributed by atoms with E-state index in [0.717, 1.165) is 25.4 Å². The first-order chi connectivity index (χ1) is 15.2. The lowest BCUT2D eigenvalue weighted by Gasteiger charge is -2.26. The summed E-state index contributed by atoms with van der Waals surface area (Å²) in [7, 11) is 1.36. The van der Waals surface area contributed by atoms with E-state index in [2.05, 4.69) is 9.80 Å². The van der Waals surface area contributed by atoms with Crippen molar-refractivity contribution in [3.8, 4) is 5.75 Å². The number of nitrogens with zero attached hydrogens (tertiary/aromatic N) is 3. The Hall–Kier alpha value is -2.58. The van der Waals surface area contributed by atoms with Crippen LogP contribution in [0.1, 0.15) is 41.1 Å². The fourth-order valence-electron chi connectivity index (χ4n) is 4.48. The van der Waals surface area contributed by atoms with Gasteiger partial charge in [0.1, 0.15) is 23.7 Å². The van der Waals surface area contributed by atoms with Crippen LogP contribution >= 0.6 is 0 Å². The zero-order chi connectivity index (χ0) is 21.6. The van der Waals surface area contributed by atoms with Crippen LogP contribution < -0.4 is 10.3 Å². The summed E-state index contributed by atoms with van der Waals surface area (Å²) in [5.74, 6) is 0.754. The van der Waals surface area contributed by atoms with E-state index in [0.29, 0.717) is 56.2 Å². The van der Waals surface area contributed by atoms with Crippen LogP contribution in [0.25, 0.3) is 0 Å². The van der Waals surface area contributed by atoms with Crippen molar-refractivity contribution >= 4 is 5.97 Å². The lowest BCUT2D eigenvalue weighted by atomic mass is 10.1. The normalized spacial score (nSPS) is 17.7. The van der Waals surface area contributed by atoms with Gasteiger partial charge in [-0.25, -0.2) is 4.79 Å². The summed E-state index contributed by atoms with van der Waals surface area (Å²) < 4.78 is 18.2. The van der Waals surface area contributed by atoms with Crippen LogP contribution in [0.4, 0.5) is 0 Å². The predicted molar refractivity (Wildman–Crippen MR) is 116 cm³/mol. The SMILES string of the molecule is COC(=O)c1c(OCCN2CCCCC2)cc(=O)n2c1CCN(Cc1ccco1)CC2. The van der Waals surface area contributed by atoms with E-state index in [-0.39, 0.29) is 5.56 Å². The minimum absolute atomic E-state index is 0.143. The van der Waals surface area contributed by atoms with E-state index >= 15 is 0 Å². The average Bonchev–Trinajstić information content (AvgIpc) is 3.20. The second kappa shape index (κ2) is 10.2. The molecule has 2 aliphatic rings. The Labute approximate surface area is 182 Å². The Bertz CT molecular complexity index is 931. The monoisotopic (exact) mass is 429 g/mol. The van der Waals surface area contributed by atoms with Gasteiger partial charge in [0.2, 0.25) is 0 Å². The standard InChI is InChI=1S/C23H31N3O5/c1-29-23(28)22-19-7-10-25(17-18-6-5-14-30-18)11-12-26(19)21(27)16-20(22)31-15-13-24-8-3-2-4-9-24/h5-6,14,16H,2-4,7-13,15,17H2,1H3. The minimum atomic E-state index is -0.462. The number of hydrogen-bond donors (Lipinski definition) is 0. The third-order valence-corrected chi connectivity index (χ3v) is 6.15. The molecule has 4 rings (SSSR count). The summed E-state index contributed by atoms with van der Waals surface area (Å²) in [5.41, 5.74) is 0.922. The van der Waals surface area contributed by atoms with Gasteiger partial charge >= 0.3 is 5.97 Å². The van der Waals surface area contributed by atoms with Gasteiger partial charge in [0.05, 0.1) is 19.9 Å². The van der Waals surface area contributed by atoms with Crippen LogP contribution in [0.15, 0.2) is 33.7 Å². The molecule has 1 saturated heterocycles. The van der Waals surface area contributed by atoms with E-state index in [1.54, 1.807) is 10.8 Å². The van der Waals surface area contributed by atoms with Crippen LogP contribution in [0.3, 0.4) is 0 Å². The van der Waals surface area contributed by atoms with Crippen LogP contribution in [0.2, 0.25) is 0 Å². The van der Waals surface area contributed by atoms with Crippen molar-refractivity contribution in [2.75, 3.05) is 46.4 Å². The molecule has 1 fully saturated rings. The highest BCUT2D eigenvalue weighted by molar-refractivity contribution is 5.93. The van der Waals surface area contributed by atoms with Gasteiger partial charge < -0.3 is 18.5 Å². The summed E-state index contributed by atoms with van der Waals surface area (Å²) in [6.45, 7) is 5.96. The molecule has 0 spiro atoms. The molecule has 2 aliphatic heterocycles. The van der Waals surface area contributed by atoms with Gasteiger partial charge in [-0.15, -0.1) is 0 Å². The van der Waals surface area contributed by atoms with Gasteiger partial charge in [0, 0.05) is 44.4 Å². The van der Waals surface area contributed by atoms with Gasteiger partial charge in [0.25, 0.3) is 5.56 Å². The maximum Gasteiger partial charge on any atom is 0.343 e. The van der Waals surface area contributed by atoms with Crippen molar-refractivity contribution in [3.63, 3.8) is 0 Å². The third-order valence-electron chi connectivity index (χ3n) is 6.15. The fourth-order valence-corrected chi connectivity index (χ4v) is 4.48. The molecule has 0 aromatic carbocycles. The van der Waals surface area contributed by atoms with E-state index in [4.69, 9.17) is 13.9 Å². The Morgan fingerprint density at radius 3 is 2.68 bits per heavy atom. The number of pyridine rings is 1. The zero-order valence-corrected chi connectivity index (χ0v) is 18.2. The molecule has 168 valence electrons. The first-order valence-corrected chi connectivity index (χ1v) is 11.1. The highest BCUT2D eigenvalue weighted by Gasteiger charge is 2.26. The molecule has 0 radical (unpaired) electrons. The topological polar surface area (TPSA) is 77.2 Å². The van der Waals surface area contributed by atoms with Crippen molar-refractivity contribution in [1.29, 1.82) is 0 Å². The Morgan fingerprint density at radius 1 is 1.10 bits per heavy atom. The van der Waals surface area contributed by atoms with E-state index in [1.807, 2.05) is 12.1 Å². The number of likely N-dealkylation sites (tertiary alicyclic amines) is 1. The molecular weight excluding hydrogens is 398 g/mol. The molecular formula is C23H31N3O5. The summed E-state index contributed by atoms with van der Waals surface area (Å²) >= 11 is 0. The molecule has 2 aromatic heterocycles. The smallest absolute Gasteiger partial charge is 0.343 e. The van der Waals surface area contributed by atoms with Crippen molar-refractivity contribution < 1.29 is 18.7 Å². The molecule has 0 N–H and O–H groups in total. The van der Waals surface area contributed by atoms with E-state index in [9.17, 15) is 9.59 Å². The number of esters is 1. The number of hydrogen-bond acceptors (Lipinski definition) is 7. The molecule has 0 bridgehead atoms. The number of methoxy groups -OCH3 is 1. The van der Waals surface area contributed by atoms with Crippen molar-refractivity contribution in [2.45, 2.75) is 38.8 Å². The average molecular weight is 430 g/mol. The highest BCUT2D eigenvalue weighted by atomic mass is 16.5. The second-order valence-corrected chi connectivity index (χ2v) is 8.17. The molecule has 8 nitrogen and oxygen atoms in total. The lowest BCUT2D eigenvalue weighted by molar-refractivity contribution is 0.0592.